The van der Waals surface area contributed by atoms with Gasteiger partial charge in [0.2, 0.25) is 10.0 Å². The lowest BCUT2D eigenvalue weighted by Gasteiger charge is -2.23. The first kappa shape index (κ1) is 16.3. The van der Waals surface area contributed by atoms with Crippen LogP contribution >= 0.6 is 11.6 Å². The van der Waals surface area contributed by atoms with Gasteiger partial charge in [-0.25, -0.2) is 13.1 Å². The molecule has 0 aromatic heterocycles. The number of amides is 1. The Hall–Kier alpha value is -1.11. The van der Waals surface area contributed by atoms with Crippen molar-refractivity contribution in [2.75, 3.05) is 19.3 Å². The normalized spacial score (nSPS) is 15.0. The predicted molar refractivity (Wildman–Crippen MR) is 83.1 cm³/mol. The summed E-state index contributed by atoms with van der Waals surface area (Å²) in [5, 5.41) is 0.432. The third kappa shape index (κ3) is 4.69. The maximum Gasteiger partial charge on any atom is 0.255 e. The zero-order valence-electron chi connectivity index (χ0n) is 12.1. The summed E-state index contributed by atoms with van der Waals surface area (Å²) in [7, 11) is -3.24. The summed E-state index contributed by atoms with van der Waals surface area (Å²) in [4.78, 5) is 14.3. The van der Waals surface area contributed by atoms with Crippen LogP contribution < -0.4 is 4.72 Å². The lowest BCUT2D eigenvalue weighted by molar-refractivity contribution is 0.0746. The number of aryl methyl sites for hydroxylation is 1. The van der Waals surface area contributed by atoms with Crippen molar-refractivity contribution in [2.24, 2.45) is 0 Å². The van der Waals surface area contributed by atoms with Crippen LogP contribution in [0.4, 0.5) is 0 Å². The molecular formula is C14H19ClN2O3S. The Morgan fingerprint density at radius 1 is 1.43 bits per heavy atom. The number of benzene rings is 1. The van der Waals surface area contributed by atoms with Gasteiger partial charge in [0, 0.05) is 19.1 Å². The fraction of sp³-hybridized carbons (Fsp3) is 0.500. The molecule has 0 saturated heterocycles. The van der Waals surface area contributed by atoms with Gasteiger partial charge in [0.05, 0.1) is 16.8 Å². The number of rotatable bonds is 6. The van der Waals surface area contributed by atoms with Crippen LogP contribution in [0.15, 0.2) is 18.2 Å². The van der Waals surface area contributed by atoms with Gasteiger partial charge in [-0.15, -0.1) is 0 Å². The van der Waals surface area contributed by atoms with Crippen LogP contribution in [0.3, 0.4) is 0 Å². The van der Waals surface area contributed by atoms with Crippen LogP contribution in [0.25, 0.3) is 0 Å². The average Bonchev–Trinajstić information content (AvgIpc) is 3.17. The maximum atomic E-state index is 12.6. The number of carbonyl (C=O) groups is 1. The van der Waals surface area contributed by atoms with Gasteiger partial charge >= 0.3 is 0 Å². The number of sulfonamides is 1. The van der Waals surface area contributed by atoms with E-state index >= 15 is 0 Å². The highest BCUT2D eigenvalue weighted by Crippen LogP contribution is 2.29. The van der Waals surface area contributed by atoms with Crippen LogP contribution in [-0.4, -0.2) is 44.6 Å². The molecule has 1 aromatic rings. The first-order valence-electron chi connectivity index (χ1n) is 6.79. The molecule has 0 aliphatic heterocycles. The van der Waals surface area contributed by atoms with E-state index in [1.807, 2.05) is 13.0 Å². The summed E-state index contributed by atoms with van der Waals surface area (Å²) in [6.07, 6.45) is 3.01. The van der Waals surface area contributed by atoms with E-state index in [-0.39, 0.29) is 18.5 Å². The summed E-state index contributed by atoms with van der Waals surface area (Å²) in [6.45, 7) is 2.47. The van der Waals surface area contributed by atoms with Crippen molar-refractivity contribution >= 4 is 27.5 Å². The number of nitrogens with zero attached hydrogens (tertiary/aromatic N) is 1. The summed E-state index contributed by atoms with van der Waals surface area (Å²) in [6, 6.07) is 5.52. The van der Waals surface area contributed by atoms with Crippen molar-refractivity contribution in [3.05, 3.63) is 34.3 Å². The van der Waals surface area contributed by atoms with E-state index in [0.29, 0.717) is 17.1 Å². The predicted octanol–water partition coefficient (Wildman–Crippen LogP) is 1.80. The van der Waals surface area contributed by atoms with E-state index in [0.717, 1.165) is 24.7 Å². The van der Waals surface area contributed by atoms with E-state index in [9.17, 15) is 13.2 Å². The molecule has 0 unspecified atom stereocenters. The van der Waals surface area contributed by atoms with Crippen molar-refractivity contribution in [2.45, 2.75) is 25.8 Å². The van der Waals surface area contributed by atoms with Crippen molar-refractivity contribution in [1.82, 2.24) is 9.62 Å². The fourth-order valence-corrected chi connectivity index (χ4v) is 2.91. The Morgan fingerprint density at radius 3 is 2.62 bits per heavy atom. The van der Waals surface area contributed by atoms with Crippen molar-refractivity contribution < 1.29 is 13.2 Å². The second kappa shape index (κ2) is 6.34. The number of hydrogen-bond acceptors (Lipinski definition) is 3. The van der Waals surface area contributed by atoms with Gasteiger partial charge in [0.1, 0.15) is 0 Å². The minimum absolute atomic E-state index is 0.141. The third-order valence-electron chi connectivity index (χ3n) is 3.32. The smallest absolute Gasteiger partial charge is 0.255 e. The lowest BCUT2D eigenvalue weighted by atomic mass is 10.1. The van der Waals surface area contributed by atoms with Gasteiger partial charge in [-0.2, -0.15) is 0 Å². The fourth-order valence-electron chi connectivity index (χ4n) is 2.14. The van der Waals surface area contributed by atoms with Crippen LogP contribution in [-0.2, 0) is 10.0 Å². The highest BCUT2D eigenvalue weighted by atomic mass is 35.5. The summed E-state index contributed by atoms with van der Waals surface area (Å²) >= 11 is 6.14. The number of nitrogens with one attached hydrogen (secondary N) is 1. The van der Waals surface area contributed by atoms with Gasteiger partial charge in [-0.05, 0) is 37.5 Å². The Kier molecular flexibility index (Phi) is 4.91. The van der Waals surface area contributed by atoms with Gasteiger partial charge in [-0.3, -0.25) is 4.79 Å². The van der Waals surface area contributed by atoms with E-state index in [1.165, 1.54) is 0 Å². The molecule has 1 aliphatic carbocycles. The van der Waals surface area contributed by atoms with Gasteiger partial charge in [-0.1, -0.05) is 17.7 Å². The van der Waals surface area contributed by atoms with E-state index in [1.54, 1.807) is 17.0 Å². The molecule has 1 N–H and O–H groups in total. The molecule has 0 atom stereocenters. The van der Waals surface area contributed by atoms with Gasteiger partial charge in [0.15, 0.2) is 0 Å². The Morgan fingerprint density at radius 2 is 2.10 bits per heavy atom. The first-order valence-corrected chi connectivity index (χ1v) is 9.06. The lowest BCUT2D eigenvalue weighted by Crippen LogP contribution is -2.39. The molecule has 0 bridgehead atoms. The zero-order valence-corrected chi connectivity index (χ0v) is 13.7. The topological polar surface area (TPSA) is 66.5 Å². The number of hydrogen-bond donors (Lipinski definition) is 1. The Labute approximate surface area is 130 Å². The SMILES string of the molecule is Cc1ccc(C(=O)N(CCNS(C)(=O)=O)C2CC2)c(Cl)c1. The van der Waals surface area contributed by atoms with Gasteiger partial charge < -0.3 is 4.90 Å². The molecule has 1 fully saturated rings. The first-order chi connectivity index (χ1) is 9.78. The highest BCUT2D eigenvalue weighted by Gasteiger charge is 2.33. The molecule has 0 spiro atoms. The molecule has 1 amide bonds. The molecule has 7 heteroatoms. The van der Waals surface area contributed by atoms with Gasteiger partial charge in [0.25, 0.3) is 5.91 Å². The second-order valence-corrected chi connectivity index (χ2v) is 7.62. The van der Waals surface area contributed by atoms with Crippen LogP contribution in [0, 0.1) is 6.92 Å². The number of carbonyl (C=O) groups excluding carboxylic acids is 1. The van der Waals surface area contributed by atoms with E-state index < -0.39 is 10.0 Å². The zero-order chi connectivity index (χ0) is 15.6. The molecule has 5 nitrogen and oxygen atoms in total. The Balaban J connectivity index is 2.09. The van der Waals surface area contributed by atoms with Crippen LogP contribution in [0.1, 0.15) is 28.8 Å². The van der Waals surface area contributed by atoms with Crippen molar-refractivity contribution in [3.8, 4) is 0 Å². The molecule has 116 valence electrons. The summed E-state index contributed by atoms with van der Waals surface area (Å²) in [5.41, 5.74) is 1.46. The van der Waals surface area contributed by atoms with E-state index in [4.69, 9.17) is 11.6 Å². The molecule has 2 rings (SSSR count). The monoisotopic (exact) mass is 330 g/mol. The molecule has 1 aromatic carbocycles. The molecule has 1 saturated carbocycles. The van der Waals surface area contributed by atoms with E-state index in [2.05, 4.69) is 4.72 Å². The van der Waals surface area contributed by atoms with Crippen molar-refractivity contribution in [1.29, 1.82) is 0 Å². The molecule has 0 radical (unpaired) electrons. The molecular weight excluding hydrogens is 312 g/mol. The van der Waals surface area contributed by atoms with Crippen molar-refractivity contribution in [3.63, 3.8) is 0 Å². The molecule has 21 heavy (non-hydrogen) atoms. The average molecular weight is 331 g/mol. The Bertz CT molecular complexity index is 642. The second-order valence-electron chi connectivity index (χ2n) is 5.38. The molecule has 1 aliphatic rings. The van der Waals surface area contributed by atoms with Crippen LogP contribution in [0.2, 0.25) is 5.02 Å². The maximum absolute atomic E-state index is 12.6. The number of halogens is 1. The standard InChI is InChI=1S/C14H19ClN2O3S/c1-10-3-6-12(13(15)9-10)14(18)17(11-4-5-11)8-7-16-21(2,19)20/h3,6,9,11,16H,4-5,7-8H2,1-2H3. The largest absolute Gasteiger partial charge is 0.334 e. The summed E-state index contributed by atoms with van der Waals surface area (Å²) in [5.74, 6) is -0.141. The molecule has 0 heterocycles. The minimum atomic E-state index is -3.24. The quantitative estimate of drug-likeness (QED) is 0.865. The minimum Gasteiger partial charge on any atom is -0.334 e. The van der Waals surface area contributed by atoms with Crippen LogP contribution in [0.5, 0.6) is 0 Å². The highest BCUT2D eigenvalue weighted by molar-refractivity contribution is 7.88. The third-order valence-corrected chi connectivity index (χ3v) is 4.36. The summed E-state index contributed by atoms with van der Waals surface area (Å²) < 4.78 is 24.6.